The summed E-state index contributed by atoms with van der Waals surface area (Å²) in [5.41, 5.74) is 1.81. The van der Waals surface area contributed by atoms with Crippen molar-refractivity contribution in [1.82, 2.24) is 4.98 Å². The molecule has 0 amide bonds. The van der Waals surface area contributed by atoms with E-state index in [9.17, 15) is 4.79 Å². The highest BCUT2D eigenvalue weighted by Gasteiger charge is 2.11. The van der Waals surface area contributed by atoms with E-state index >= 15 is 0 Å². The first-order valence-electron chi connectivity index (χ1n) is 5.04. The third-order valence-electron chi connectivity index (χ3n) is 2.45. The molecule has 0 aliphatic rings. The van der Waals surface area contributed by atoms with Gasteiger partial charge < -0.3 is 5.11 Å². The fourth-order valence-electron chi connectivity index (χ4n) is 1.59. The Kier molecular flexibility index (Phi) is 3.44. The van der Waals surface area contributed by atoms with Gasteiger partial charge in [-0.3, -0.25) is 4.98 Å². The highest BCUT2D eigenvalue weighted by atomic mass is 32.2. The van der Waals surface area contributed by atoms with Gasteiger partial charge in [-0.25, -0.2) is 4.79 Å². The average molecular weight is 245 g/mol. The van der Waals surface area contributed by atoms with Gasteiger partial charge in [-0.2, -0.15) is 0 Å². The van der Waals surface area contributed by atoms with E-state index in [0.717, 1.165) is 10.5 Å². The third-order valence-corrected chi connectivity index (χ3v) is 3.20. The van der Waals surface area contributed by atoms with Crippen LogP contribution in [0.2, 0.25) is 0 Å². The van der Waals surface area contributed by atoms with Crippen molar-refractivity contribution in [3.05, 3.63) is 48.3 Å². The van der Waals surface area contributed by atoms with Crippen LogP contribution in [0.4, 0.5) is 0 Å². The quantitative estimate of drug-likeness (QED) is 0.844. The van der Waals surface area contributed by atoms with Crippen LogP contribution in [0, 0.1) is 0 Å². The Balaban J connectivity index is 2.48. The Labute approximate surface area is 104 Å². The molecule has 3 nitrogen and oxygen atoms in total. The Bertz CT molecular complexity index is 537. The zero-order chi connectivity index (χ0) is 12.3. The van der Waals surface area contributed by atoms with E-state index < -0.39 is 5.97 Å². The molecule has 1 aromatic heterocycles. The minimum Gasteiger partial charge on any atom is -0.478 e. The average Bonchev–Trinajstić information content (AvgIpc) is 2.39. The van der Waals surface area contributed by atoms with Crippen LogP contribution in [0.15, 0.2) is 47.6 Å². The van der Waals surface area contributed by atoms with E-state index in [2.05, 4.69) is 4.98 Å². The van der Waals surface area contributed by atoms with Crippen molar-refractivity contribution < 1.29 is 9.90 Å². The van der Waals surface area contributed by atoms with Gasteiger partial charge in [-0.15, -0.1) is 11.8 Å². The Morgan fingerprint density at radius 1 is 1.24 bits per heavy atom. The van der Waals surface area contributed by atoms with E-state index in [4.69, 9.17) is 5.11 Å². The van der Waals surface area contributed by atoms with Gasteiger partial charge in [0.1, 0.15) is 0 Å². The zero-order valence-electron chi connectivity index (χ0n) is 9.25. The number of carboxylic acid groups (broad SMARTS) is 1. The van der Waals surface area contributed by atoms with Gasteiger partial charge >= 0.3 is 5.97 Å². The predicted octanol–water partition coefficient (Wildman–Crippen LogP) is 3.17. The van der Waals surface area contributed by atoms with Crippen molar-refractivity contribution >= 4 is 17.7 Å². The zero-order valence-corrected chi connectivity index (χ0v) is 10.1. The molecule has 4 heteroatoms. The highest BCUT2D eigenvalue weighted by Crippen LogP contribution is 2.25. The van der Waals surface area contributed by atoms with Gasteiger partial charge in [0.2, 0.25) is 0 Å². The van der Waals surface area contributed by atoms with E-state index in [1.165, 1.54) is 6.20 Å². The molecule has 1 aromatic carbocycles. The largest absolute Gasteiger partial charge is 0.478 e. The van der Waals surface area contributed by atoms with Gasteiger partial charge in [-0.05, 0) is 35.6 Å². The number of aromatic carboxylic acids is 1. The second-order valence-corrected chi connectivity index (χ2v) is 4.33. The lowest BCUT2D eigenvalue weighted by molar-refractivity contribution is 0.0697. The van der Waals surface area contributed by atoms with Crippen LogP contribution in [-0.4, -0.2) is 22.3 Å². The molecule has 0 aliphatic heterocycles. The highest BCUT2D eigenvalue weighted by molar-refractivity contribution is 7.98. The Morgan fingerprint density at radius 2 is 1.94 bits per heavy atom. The summed E-state index contributed by atoms with van der Waals surface area (Å²) in [6, 6.07) is 9.52. The maximum atomic E-state index is 11.1. The molecule has 1 heterocycles. The maximum Gasteiger partial charge on any atom is 0.337 e. The number of rotatable bonds is 3. The van der Waals surface area contributed by atoms with Gasteiger partial charge in [0.25, 0.3) is 0 Å². The van der Waals surface area contributed by atoms with Gasteiger partial charge in [0, 0.05) is 17.3 Å². The summed E-state index contributed by atoms with van der Waals surface area (Å²) in [5.74, 6) is -0.956. The molecular formula is C13H11NO2S. The number of nitrogens with zero attached hydrogens (tertiary/aromatic N) is 1. The van der Waals surface area contributed by atoms with Crippen LogP contribution < -0.4 is 0 Å². The summed E-state index contributed by atoms with van der Waals surface area (Å²) in [6.07, 6.45) is 4.98. The number of pyridine rings is 1. The van der Waals surface area contributed by atoms with Gasteiger partial charge in [0.05, 0.1) is 5.56 Å². The lowest BCUT2D eigenvalue weighted by Crippen LogP contribution is -2.00. The SMILES string of the molecule is CSc1ccc(-c2ccncc2C(=O)O)cc1. The molecule has 86 valence electrons. The van der Waals surface area contributed by atoms with Crippen LogP contribution in [-0.2, 0) is 0 Å². The number of benzene rings is 1. The van der Waals surface area contributed by atoms with Crippen LogP contribution >= 0.6 is 11.8 Å². The minimum absolute atomic E-state index is 0.226. The summed E-state index contributed by atoms with van der Waals surface area (Å²) in [4.78, 5) is 16.1. The second kappa shape index (κ2) is 5.01. The van der Waals surface area contributed by atoms with Crippen molar-refractivity contribution in [1.29, 1.82) is 0 Å². The fraction of sp³-hybridized carbons (Fsp3) is 0.0769. The molecule has 0 bridgehead atoms. The molecule has 0 saturated heterocycles. The van der Waals surface area contributed by atoms with Crippen LogP contribution in [0.25, 0.3) is 11.1 Å². The molecule has 0 radical (unpaired) electrons. The molecule has 17 heavy (non-hydrogen) atoms. The number of hydrogen-bond acceptors (Lipinski definition) is 3. The third kappa shape index (κ3) is 2.47. The van der Waals surface area contributed by atoms with Crippen molar-refractivity contribution in [2.24, 2.45) is 0 Å². The van der Waals surface area contributed by atoms with Crippen molar-refractivity contribution in [3.63, 3.8) is 0 Å². The molecule has 0 unspecified atom stereocenters. The smallest absolute Gasteiger partial charge is 0.337 e. The van der Waals surface area contributed by atoms with Gasteiger partial charge in [-0.1, -0.05) is 12.1 Å². The number of carboxylic acids is 1. The summed E-state index contributed by atoms with van der Waals surface area (Å²) in [7, 11) is 0. The predicted molar refractivity (Wildman–Crippen MR) is 68.4 cm³/mol. The molecule has 0 fully saturated rings. The normalized spacial score (nSPS) is 10.2. The molecule has 2 aromatic rings. The standard InChI is InChI=1S/C13H11NO2S/c1-17-10-4-2-9(3-5-10)11-6-7-14-8-12(11)13(15)16/h2-8H,1H3,(H,15,16). The van der Waals surface area contributed by atoms with E-state index in [0.29, 0.717) is 5.56 Å². The summed E-state index contributed by atoms with van der Waals surface area (Å²) in [6.45, 7) is 0. The Morgan fingerprint density at radius 3 is 2.53 bits per heavy atom. The summed E-state index contributed by atoms with van der Waals surface area (Å²) < 4.78 is 0. The van der Waals surface area contributed by atoms with Crippen molar-refractivity contribution in [2.45, 2.75) is 4.90 Å². The van der Waals surface area contributed by atoms with E-state index in [1.807, 2.05) is 30.5 Å². The molecule has 2 rings (SSSR count). The maximum absolute atomic E-state index is 11.1. The monoisotopic (exact) mass is 245 g/mol. The topological polar surface area (TPSA) is 50.2 Å². The molecule has 1 N–H and O–H groups in total. The van der Waals surface area contributed by atoms with Crippen LogP contribution in [0.1, 0.15) is 10.4 Å². The molecular weight excluding hydrogens is 234 g/mol. The fourth-order valence-corrected chi connectivity index (χ4v) is 2.00. The molecule has 0 atom stereocenters. The van der Waals surface area contributed by atoms with E-state index in [-0.39, 0.29) is 5.56 Å². The van der Waals surface area contributed by atoms with E-state index in [1.54, 1.807) is 24.0 Å². The first-order valence-corrected chi connectivity index (χ1v) is 6.26. The van der Waals surface area contributed by atoms with Crippen LogP contribution in [0.5, 0.6) is 0 Å². The van der Waals surface area contributed by atoms with Gasteiger partial charge in [0.15, 0.2) is 0 Å². The number of aromatic nitrogens is 1. The molecule has 0 aliphatic carbocycles. The molecule has 0 spiro atoms. The first kappa shape index (κ1) is 11.7. The number of carbonyl (C=O) groups is 1. The van der Waals surface area contributed by atoms with Crippen molar-refractivity contribution in [2.75, 3.05) is 6.26 Å². The minimum atomic E-state index is -0.956. The van der Waals surface area contributed by atoms with Crippen molar-refractivity contribution in [3.8, 4) is 11.1 Å². The molecule has 0 saturated carbocycles. The number of hydrogen-bond donors (Lipinski definition) is 1. The van der Waals surface area contributed by atoms with Crippen LogP contribution in [0.3, 0.4) is 0 Å². The first-order chi connectivity index (χ1) is 8.22. The second-order valence-electron chi connectivity index (χ2n) is 3.45. The summed E-state index contributed by atoms with van der Waals surface area (Å²) in [5, 5.41) is 9.08. The Hall–Kier alpha value is -1.81. The number of thioether (sulfide) groups is 1. The summed E-state index contributed by atoms with van der Waals surface area (Å²) >= 11 is 1.65. The lowest BCUT2D eigenvalue weighted by atomic mass is 10.0. The lowest BCUT2D eigenvalue weighted by Gasteiger charge is -2.06.